The number of carbonyl (C=O) groups excluding carboxylic acids is 1. The number of nitrogens with one attached hydrogen (secondary N) is 1. The molecule has 1 atom stereocenters. The molecule has 1 aliphatic rings. The van der Waals surface area contributed by atoms with Crippen molar-refractivity contribution in [1.29, 1.82) is 0 Å². The Bertz CT molecular complexity index is 577. The number of H-pyrrole nitrogens is 1. The molecule has 0 saturated carbocycles. The van der Waals surface area contributed by atoms with Crippen molar-refractivity contribution in [2.75, 3.05) is 13.1 Å². The van der Waals surface area contributed by atoms with Gasteiger partial charge in [-0.1, -0.05) is 18.2 Å². The predicted molar refractivity (Wildman–Crippen MR) is 69.0 cm³/mol. The molecule has 0 bridgehead atoms. The summed E-state index contributed by atoms with van der Waals surface area (Å²) in [5, 5.41) is 8.17. The zero-order valence-electron chi connectivity index (χ0n) is 10.1. The molecule has 1 saturated heterocycles. The molecule has 2 heterocycles. The number of para-hydroxylation sites is 1. The van der Waals surface area contributed by atoms with E-state index in [0.29, 0.717) is 13.0 Å². The molecule has 0 unspecified atom stereocenters. The summed E-state index contributed by atoms with van der Waals surface area (Å²) < 4.78 is 0. The van der Waals surface area contributed by atoms with Crippen LogP contribution in [0.25, 0.3) is 10.9 Å². The van der Waals surface area contributed by atoms with Crippen LogP contribution in [0.3, 0.4) is 0 Å². The van der Waals surface area contributed by atoms with Gasteiger partial charge in [-0.25, -0.2) is 0 Å². The van der Waals surface area contributed by atoms with Crippen molar-refractivity contribution in [3.63, 3.8) is 0 Å². The maximum Gasteiger partial charge on any atom is 0.228 e. The van der Waals surface area contributed by atoms with E-state index in [1.807, 2.05) is 29.2 Å². The lowest BCUT2D eigenvalue weighted by Crippen LogP contribution is -2.33. The van der Waals surface area contributed by atoms with Crippen LogP contribution in [0.1, 0.15) is 12.1 Å². The fourth-order valence-corrected chi connectivity index (χ4v) is 2.43. The topological polar surface area (TPSA) is 75.0 Å². The lowest BCUT2D eigenvalue weighted by molar-refractivity contribution is -0.129. The number of likely N-dealkylation sites (tertiary alicyclic amines) is 1. The molecule has 1 aliphatic heterocycles. The molecule has 1 amide bonds. The Kier molecular flexibility index (Phi) is 2.76. The first-order chi connectivity index (χ1) is 8.74. The third kappa shape index (κ3) is 1.97. The molecule has 0 spiro atoms. The van der Waals surface area contributed by atoms with E-state index < -0.39 is 0 Å². The van der Waals surface area contributed by atoms with Crippen molar-refractivity contribution in [3.8, 4) is 0 Å². The molecule has 0 aliphatic carbocycles. The molecular weight excluding hydrogens is 228 g/mol. The molecule has 1 aromatic carbocycles. The van der Waals surface area contributed by atoms with E-state index in [4.69, 9.17) is 5.73 Å². The van der Waals surface area contributed by atoms with Crippen LogP contribution in [0.4, 0.5) is 0 Å². The highest BCUT2D eigenvalue weighted by molar-refractivity contribution is 5.87. The quantitative estimate of drug-likeness (QED) is 0.815. The van der Waals surface area contributed by atoms with Gasteiger partial charge < -0.3 is 10.6 Å². The highest BCUT2D eigenvalue weighted by Crippen LogP contribution is 2.17. The van der Waals surface area contributed by atoms with Crippen molar-refractivity contribution < 1.29 is 4.79 Å². The van der Waals surface area contributed by atoms with E-state index in [1.165, 1.54) is 0 Å². The maximum absolute atomic E-state index is 12.1. The van der Waals surface area contributed by atoms with Gasteiger partial charge in [0.05, 0.1) is 17.6 Å². The Morgan fingerprint density at radius 3 is 3.11 bits per heavy atom. The summed E-state index contributed by atoms with van der Waals surface area (Å²) >= 11 is 0. The van der Waals surface area contributed by atoms with E-state index in [-0.39, 0.29) is 11.9 Å². The van der Waals surface area contributed by atoms with E-state index in [0.717, 1.165) is 29.6 Å². The van der Waals surface area contributed by atoms with Crippen LogP contribution in [-0.2, 0) is 11.2 Å². The summed E-state index contributed by atoms with van der Waals surface area (Å²) in [5.74, 6) is 0.123. The zero-order valence-corrected chi connectivity index (χ0v) is 10.1. The third-order valence-corrected chi connectivity index (χ3v) is 3.45. The number of aromatic nitrogens is 2. The highest BCUT2D eigenvalue weighted by Gasteiger charge is 2.24. The van der Waals surface area contributed by atoms with Crippen LogP contribution in [0.15, 0.2) is 24.3 Å². The first-order valence-corrected chi connectivity index (χ1v) is 6.19. The molecular formula is C13H16N4O. The van der Waals surface area contributed by atoms with Crippen LogP contribution in [-0.4, -0.2) is 40.1 Å². The molecule has 5 heteroatoms. The molecule has 0 radical (unpaired) electrons. The highest BCUT2D eigenvalue weighted by atomic mass is 16.2. The van der Waals surface area contributed by atoms with Crippen LogP contribution >= 0.6 is 0 Å². The van der Waals surface area contributed by atoms with Gasteiger partial charge in [0.25, 0.3) is 0 Å². The second-order valence-corrected chi connectivity index (χ2v) is 4.78. The SMILES string of the molecule is N[C@@H]1CCN(C(=O)Cc2[nH]nc3ccccc23)C1. The first-order valence-electron chi connectivity index (χ1n) is 6.19. The normalized spacial score (nSPS) is 19.6. The van der Waals surface area contributed by atoms with Gasteiger partial charge >= 0.3 is 0 Å². The number of amides is 1. The smallest absolute Gasteiger partial charge is 0.228 e. The third-order valence-electron chi connectivity index (χ3n) is 3.45. The van der Waals surface area contributed by atoms with Crippen LogP contribution in [0, 0.1) is 0 Å². The number of rotatable bonds is 2. The molecule has 18 heavy (non-hydrogen) atoms. The molecule has 5 nitrogen and oxygen atoms in total. The Morgan fingerprint density at radius 2 is 2.33 bits per heavy atom. The van der Waals surface area contributed by atoms with Crippen LogP contribution in [0.2, 0.25) is 0 Å². The van der Waals surface area contributed by atoms with E-state index >= 15 is 0 Å². The minimum absolute atomic E-state index is 0.123. The molecule has 1 fully saturated rings. The molecule has 2 aromatic rings. The van der Waals surface area contributed by atoms with Crippen molar-refractivity contribution in [3.05, 3.63) is 30.0 Å². The summed E-state index contributed by atoms with van der Waals surface area (Å²) in [5.41, 5.74) is 7.60. The van der Waals surface area contributed by atoms with Crippen molar-refractivity contribution in [2.24, 2.45) is 5.73 Å². The van der Waals surface area contributed by atoms with E-state index in [1.54, 1.807) is 0 Å². The average Bonchev–Trinajstić information content (AvgIpc) is 2.97. The fourth-order valence-electron chi connectivity index (χ4n) is 2.43. The molecule has 3 rings (SSSR count). The first kappa shape index (κ1) is 11.2. The second-order valence-electron chi connectivity index (χ2n) is 4.78. The van der Waals surface area contributed by atoms with Crippen molar-refractivity contribution >= 4 is 16.8 Å². The Balaban J connectivity index is 1.78. The number of benzene rings is 1. The number of carbonyl (C=O) groups is 1. The van der Waals surface area contributed by atoms with Gasteiger partial charge in [-0.15, -0.1) is 0 Å². The largest absolute Gasteiger partial charge is 0.341 e. The minimum Gasteiger partial charge on any atom is -0.341 e. The summed E-state index contributed by atoms with van der Waals surface area (Å²) in [4.78, 5) is 14.0. The Labute approximate surface area is 105 Å². The molecule has 1 aromatic heterocycles. The van der Waals surface area contributed by atoms with Crippen LogP contribution < -0.4 is 5.73 Å². The number of nitrogens with zero attached hydrogens (tertiary/aromatic N) is 2. The number of hydrogen-bond acceptors (Lipinski definition) is 3. The Hall–Kier alpha value is -1.88. The predicted octanol–water partition coefficient (Wildman–Crippen LogP) is 0.665. The number of fused-ring (bicyclic) bond motifs is 1. The summed E-state index contributed by atoms with van der Waals surface area (Å²) in [6, 6.07) is 7.95. The lowest BCUT2D eigenvalue weighted by atomic mass is 10.1. The zero-order chi connectivity index (χ0) is 12.5. The lowest BCUT2D eigenvalue weighted by Gasteiger charge is -2.15. The molecule has 94 valence electrons. The van der Waals surface area contributed by atoms with Crippen LogP contribution in [0.5, 0.6) is 0 Å². The average molecular weight is 244 g/mol. The summed E-state index contributed by atoms with van der Waals surface area (Å²) in [6.45, 7) is 1.44. The standard InChI is InChI=1S/C13H16N4O/c14-9-5-6-17(8-9)13(18)7-12-10-3-1-2-4-11(10)15-16-12/h1-4,9H,5-8,14H2,(H,15,16)/t9-/m1/s1. The fraction of sp³-hybridized carbons (Fsp3) is 0.385. The van der Waals surface area contributed by atoms with Gasteiger partial charge in [0.2, 0.25) is 5.91 Å². The van der Waals surface area contributed by atoms with Gasteiger partial charge in [-0.2, -0.15) is 5.10 Å². The summed E-state index contributed by atoms with van der Waals surface area (Å²) in [7, 11) is 0. The number of hydrogen-bond donors (Lipinski definition) is 2. The van der Waals surface area contributed by atoms with E-state index in [9.17, 15) is 4.79 Å². The number of aromatic amines is 1. The Morgan fingerprint density at radius 1 is 1.50 bits per heavy atom. The van der Waals surface area contributed by atoms with Gasteiger partial charge in [0.15, 0.2) is 0 Å². The van der Waals surface area contributed by atoms with Gasteiger partial charge in [0, 0.05) is 24.5 Å². The van der Waals surface area contributed by atoms with Gasteiger partial charge in [-0.3, -0.25) is 9.89 Å². The summed E-state index contributed by atoms with van der Waals surface area (Å²) in [6.07, 6.45) is 1.27. The number of nitrogens with two attached hydrogens (primary N) is 1. The second kappa shape index (κ2) is 4.42. The minimum atomic E-state index is 0.123. The van der Waals surface area contributed by atoms with E-state index in [2.05, 4.69) is 10.2 Å². The molecule has 3 N–H and O–H groups in total. The van der Waals surface area contributed by atoms with Crippen molar-refractivity contribution in [1.82, 2.24) is 15.1 Å². The van der Waals surface area contributed by atoms with Gasteiger partial charge in [0.1, 0.15) is 0 Å². The van der Waals surface area contributed by atoms with Crippen molar-refractivity contribution in [2.45, 2.75) is 18.9 Å². The monoisotopic (exact) mass is 244 g/mol. The maximum atomic E-state index is 12.1. The van der Waals surface area contributed by atoms with Gasteiger partial charge in [-0.05, 0) is 12.5 Å².